The Bertz CT molecular complexity index is 1290. The highest BCUT2D eigenvalue weighted by molar-refractivity contribution is 9.09. The van der Waals surface area contributed by atoms with Gasteiger partial charge in [-0.05, 0) is 70.2 Å². The largest absolute Gasteiger partial charge is 0.494 e. The minimum Gasteiger partial charge on any atom is -0.494 e. The minimum atomic E-state index is -1.24. The fourth-order valence-corrected chi connectivity index (χ4v) is 8.96. The summed E-state index contributed by atoms with van der Waals surface area (Å²) in [5.74, 6) is -1.92. The number of carbonyl (C=O) groups is 3. The number of aliphatic hydroxyl groups is 1. The average molecular weight is 689 g/mol. The maximum Gasteiger partial charge on any atom is 0.249 e. The molecule has 7 atom stereocenters. The molecule has 4 rings (SSSR count). The van der Waals surface area contributed by atoms with Crippen LogP contribution in [-0.4, -0.2) is 93.1 Å². The van der Waals surface area contributed by atoms with Crippen LogP contribution in [0.1, 0.15) is 61.3 Å². The molecule has 248 valence electrons. The smallest absolute Gasteiger partial charge is 0.249 e. The summed E-state index contributed by atoms with van der Waals surface area (Å²) >= 11 is 3.77. The van der Waals surface area contributed by atoms with E-state index >= 15 is 0 Å². The van der Waals surface area contributed by atoms with Gasteiger partial charge in [0.05, 0.1) is 37.2 Å². The van der Waals surface area contributed by atoms with Crippen LogP contribution in [-0.2, 0) is 19.1 Å². The molecule has 3 fully saturated rings. The van der Waals surface area contributed by atoms with Crippen LogP contribution in [0.4, 0.5) is 5.69 Å². The maximum absolute atomic E-state index is 14.9. The van der Waals surface area contributed by atoms with E-state index in [0.717, 1.165) is 0 Å². The van der Waals surface area contributed by atoms with Crippen molar-refractivity contribution in [2.24, 2.45) is 17.3 Å². The second kappa shape index (κ2) is 13.2. The van der Waals surface area contributed by atoms with Crippen molar-refractivity contribution in [3.8, 4) is 5.75 Å². The minimum absolute atomic E-state index is 0.0795. The first kappa shape index (κ1) is 35.2. The number of nitrogens with zero attached hydrogens (tertiary/aromatic N) is 3. The Kier molecular flexibility index (Phi) is 10.3. The number of benzene rings is 1. The van der Waals surface area contributed by atoms with Crippen LogP contribution in [0.25, 0.3) is 0 Å². The first-order chi connectivity index (χ1) is 21.1. The van der Waals surface area contributed by atoms with E-state index in [1.165, 1.54) is 4.90 Å². The molecule has 0 aromatic heterocycles. The molecule has 3 aliphatic rings. The Morgan fingerprint density at radius 1 is 1.16 bits per heavy atom. The highest BCUT2D eigenvalue weighted by Crippen LogP contribution is 2.61. The van der Waals surface area contributed by atoms with Gasteiger partial charge in [0.2, 0.25) is 17.7 Å². The maximum atomic E-state index is 14.9. The molecule has 0 radical (unpaired) electrons. The van der Waals surface area contributed by atoms with Crippen molar-refractivity contribution in [1.29, 1.82) is 0 Å². The number of ether oxygens (including phenoxy) is 2. The lowest BCUT2D eigenvalue weighted by Crippen LogP contribution is -2.62. The third-order valence-corrected chi connectivity index (χ3v) is 10.1. The standard InChI is InChI=1S/C35H50BrN3O6/c1-10-17-37(23-13-15-24(16-14-23)44-12-3)30(41)26-27-31(42)39(22(4)20-40)29(35(27)19-25(36)28(26)45-35)32(43)38(18-11-2)34(8,9)21-33(5,6)7/h10-11,13-16,22,25-29,40H,1-2,12,17-21H2,3-9H3/t22-,25?,26-,27+,28-,29?,35?/m1/s1. The Labute approximate surface area is 276 Å². The zero-order valence-electron chi connectivity index (χ0n) is 27.8. The van der Waals surface area contributed by atoms with Gasteiger partial charge >= 0.3 is 0 Å². The summed E-state index contributed by atoms with van der Waals surface area (Å²) in [6, 6.07) is 5.57. The monoisotopic (exact) mass is 687 g/mol. The van der Waals surface area contributed by atoms with E-state index in [9.17, 15) is 19.5 Å². The molecule has 3 unspecified atom stereocenters. The van der Waals surface area contributed by atoms with Crippen LogP contribution in [0.2, 0.25) is 0 Å². The lowest BCUT2D eigenvalue weighted by Gasteiger charge is -2.46. The number of rotatable bonds is 13. The molecule has 9 nitrogen and oxygen atoms in total. The van der Waals surface area contributed by atoms with Gasteiger partial charge in [-0.2, -0.15) is 0 Å². The van der Waals surface area contributed by atoms with Crippen LogP contribution < -0.4 is 9.64 Å². The number of halogens is 1. The molecule has 1 aromatic carbocycles. The van der Waals surface area contributed by atoms with Crippen molar-refractivity contribution in [2.75, 3.05) is 31.2 Å². The SMILES string of the molecule is C=CCN(C(=O)[C@H]1[C@@H]2OC3(CC2Br)C(C(=O)N(CC=C)C(C)(C)CC(C)(C)C)N([C@H](C)CO)C(=O)[C@H]13)c1ccc(OCC)cc1. The summed E-state index contributed by atoms with van der Waals surface area (Å²) < 4.78 is 12.3. The Hall–Kier alpha value is -2.69. The number of hydrogen-bond acceptors (Lipinski definition) is 6. The van der Waals surface area contributed by atoms with Gasteiger partial charge in [0.1, 0.15) is 17.4 Å². The van der Waals surface area contributed by atoms with E-state index in [2.05, 4.69) is 49.9 Å². The van der Waals surface area contributed by atoms with E-state index in [-0.39, 0.29) is 47.7 Å². The summed E-state index contributed by atoms with van der Waals surface area (Å²) in [6.45, 7) is 22.6. The Morgan fingerprint density at radius 3 is 2.31 bits per heavy atom. The molecule has 2 bridgehead atoms. The van der Waals surface area contributed by atoms with Crippen LogP contribution >= 0.6 is 15.9 Å². The van der Waals surface area contributed by atoms with E-state index < -0.39 is 41.2 Å². The molecule has 1 N–H and O–H groups in total. The van der Waals surface area contributed by atoms with Gasteiger partial charge < -0.3 is 29.3 Å². The summed E-state index contributed by atoms with van der Waals surface area (Å²) in [7, 11) is 0. The third kappa shape index (κ3) is 6.34. The zero-order valence-corrected chi connectivity index (χ0v) is 29.4. The second-order valence-electron chi connectivity index (χ2n) is 14.4. The predicted octanol–water partition coefficient (Wildman–Crippen LogP) is 4.96. The van der Waals surface area contributed by atoms with Crippen molar-refractivity contribution in [1.82, 2.24) is 9.80 Å². The molecular weight excluding hydrogens is 638 g/mol. The molecule has 0 saturated carbocycles. The molecule has 0 aliphatic carbocycles. The summed E-state index contributed by atoms with van der Waals surface area (Å²) in [5.41, 5.74) is -1.26. The molecule has 45 heavy (non-hydrogen) atoms. The van der Waals surface area contributed by atoms with Gasteiger partial charge in [0.25, 0.3) is 0 Å². The topological polar surface area (TPSA) is 99.6 Å². The van der Waals surface area contributed by atoms with Gasteiger partial charge in [0, 0.05) is 29.1 Å². The van der Waals surface area contributed by atoms with E-state index in [1.54, 1.807) is 28.9 Å². The fourth-order valence-electron chi connectivity index (χ4n) is 8.02. The summed E-state index contributed by atoms with van der Waals surface area (Å²) in [5, 5.41) is 10.3. The molecule has 3 amide bonds. The first-order valence-electron chi connectivity index (χ1n) is 15.9. The van der Waals surface area contributed by atoms with Gasteiger partial charge in [-0.1, -0.05) is 48.9 Å². The number of fused-ring (bicyclic) bond motifs is 1. The molecule has 3 saturated heterocycles. The molecule has 3 aliphatic heterocycles. The van der Waals surface area contributed by atoms with Crippen LogP contribution in [0.3, 0.4) is 0 Å². The predicted molar refractivity (Wildman–Crippen MR) is 179 cm³/mol. The van der Waals surface area contributed by atoms with Crippen LogP contribution in [0, 0.1) is 17.3 Å². The molecule has 1 aromatic rings. The molecule has 10 heteroatoms. The molecule has 1 spiro atoms. The number of alkyl halides is 1. The third-order valence-electron chi connectivity index (χ3n) is 9.29. The number of amides is 3. The molecular formula is C35H50BrN3O6. The summed E-state index contributed by atoms with van der Waals surface area (Å²) in [4.78, 5) is 48.6. The van der Waals surface area contributed by atoms with E-state index in [1.807, 2.05) is 45.0 Å². The number of hydrogen-bond donors (Lipinski definition) is 1. The van der Waals surface area contributed by atoms with Gasteiger partial charge in [0.15, 0.2) is 0 Å². The van der Waals surface area contributed by atoms with Crippen molar-refractivity contribution < 1.29 is 29.0 Å². The van der Waals surface area contributed by atoms with Crippen LogP contribution in [0.15, 0.2) is 49.6 Å². The molecule has 3 heterocycles. The van der Waals surface area contributed by atoms with Crippen molar-refractivity contribution in [3.63, 3.8) is 0 Å². The normalized spacial score (nSPS) is 28.1. The van der Waals surface area contributed by atoms with E-state index in [0.29, 0.717) is 30.9 Å². The number of carbonyl (C=O) groups excluding carboxylic acids is 3. The second-order valence-corrected chi connectivity index (χ2v) is 15.6. The van der Waals surface area contributed by atoms with Crippen molar-refractivity contribution >= 4 is 39.3 Å². The fraction of sp³-hybridized carbons (Fsp3) is 0.629. The lowest BCUT2D eigenvalue weighted by atomic mass is 9.70. The average Bonchev–Trinajstić information content (AvgIpc) is 3.56. The van der Waals surface area contributed by atoms with E-state index in [4.69, 9.17) is 9.47 Å². The highest BCUT2D eigenvalue weighted by atomic mass is 79.9. The van der Waals surface area contributed by atoms with Crippen LogP contribution in [0.5, 0.6) is 5.75 Å². The first-order valence-corrected chi connectivity index (χ1v) is 16.8. The highest BCUT2D eigenvalue weighted by Gasteiger charge is 2.77. The zero-order chi connectivity index (χ0) is 33.5. The number of anilines is 1. The van der Waals surface area contributed by atoms with Gasteiger partial charge in [-0.25, -0.2) is 0 Å². The van der Waals surface area contributed by atoms with Crippen molar-refractivity contribution in [2.45, 2.75) is 95.5 Å². The van der Waals surface area contributed by atoms with Gasteiger partial charge in [-0.15, -0.1) is 13.2 Å². The quantitative estimate of drug-likeness (QED) is 0.233. The van der Waals surface area contributed by atoms with Crippen molar-refractivity contribution in [3.05, 3.63) is 49.6 Å². The summed E-state index contributed by atoms with van der Waals surface area (Å²) in [6.07, 6.45) is 3.83. The Balaban J connectivity index is 1.80. The Morgan fingerprint density at radius 2 is 1.78 bits per heavy atom. The lowest BCUT2D eigenvalue weighted by molar-refractivity contribution is -0.155. The van der Waals surface area contributed by atoms with Gasteiger partial charge in [-0.3, -0.25) is 14.4 Å². The number of aliphatic hydroxyl groups excluding tert-OH is 1. The number of likely N-dealkylation sites (tertiary alicyclic amines) is 1.